The molecule has 1 N–H and O–H groups in total. The molecular weight excluding hydrogens is 132 g/mol. The van der Waals surface area contributed by atoms with E-state index in [1.54, 1.807) is 24.3 Å². The summed E-state index contributed by atoms with van der Waals surface area (Å²) in [6.45, 7) is 3.51. The average Bonchev–Trinajstić information content (AvgIpc) is 1.85. The standard InChI is InChI=1S/C7H10OS/c1-2-3-4-7(9)5-6-8/h2-5,8-9H,1,6H2/b4-3-,7-5+. The van der Waals surface area contributed by atoms with E-state index < -0.39 is 0 Å². The normalized spacial score (nSPS) is 12.4. The second-order valence-electron chi connectivity index (χ2n) is 1.41. The monoisotopic (exact) mass is 142 g/mol. The van der Waals surface area contributed by atoms with E-state index in [1.165, 1.54) is 0 Å². The van der Waals surface area contributed by atoms with E-state index in [9.17, 15) is 0 Å². The fourth-order valence-electron chi connectivity index (χ4n) is 0.328. The lowest BCUT2D eigenvalue weighted by Gasteiger charge is -1.84. The Hall–Kier alpha value is -0.470. The van der Waals surface area contributed by atoms with Gasteiger partial charge >= 0.3 is 0 Å². The van der Waals surface area contributed by atoms with Gasteiger partial charge in [-0.3, -0.25) is 0 Å². The van der Waals surface area contributed by atoms with Gasteiger partial charge in [-0.15, -0.1) is 12.6 Å². The maximum Gasteiger partial charge on any atom is 0.0626 e. The van der Waals surface area contributed by atoms with Crippen molar-refractivity contribution in [1.29, 1.82) is 0 Å². The van der Waals surface area contributed by atoms with Crippen LogP contribution in [0.5, 0.6) is 0 Å². The Morgan fingerprint density at radius 2 is 2.33 bits per heavy atom. The molecule has 0 unspecified atom stereocenters. The molecule has 0 fully saturated rings. The summed E-state index contributed by atoms with van der Waals surface area (Å²) in [7, 11) is 0. The Morgan fingerprint density at radius 1 is 1.67 bits per heavy atom. The van der Waals surface area contributed by atoms with Gasteiger partial charge in [0.05, 0.1) is 6.61 Å². The summed E-state index contributed by atoms with van der Waals surface area (Å²) < 4.78 is 0. The summed E-state index contributed by atoms with van der Waals surface area (Å²) in [6.07, 6.45) is 6.77. The van der Waals surface area contributed by atoms with E-state index in [2.05, 4.69) is 19.2 Å². The summed E-state index contributed by atoms with van der Waals surface area (Å²) in [5.41, 5.74) is 0. The highest BCUT2D eigenvalue weighted by molar-refractivity contribution is 7.84. The zero-order chi connectivity index (χ0) is 7.11. The molecule has 0 aromatic heterocycles. The van der Waals surface area contributed by atoms with Gasteiger partial charge in [-0.2, -0.15) is 0 Å². The first-order valence-electron chi connectivity index (χ1n) is 2.60. The second kappa shape index (κ2) is 5.66. The van der Waals surface area contributed by atoms with Crippen LogP contribution in [-0.2, 0) is 0 Å². The van der Waals surface area contributed by atoms with E-state index >= 15 is 0 Å². The van der Waals surface area contributed by atoms with E-state index in [0.717, 1.165) is 4.91 Å². The molecule has 9 heavy (non-hydrogen) atoms. The van der Waals surface area contributed by atoms with Crippen molar-refractivity contribution in [2.24, 2.45) is 0 Å². The van der Waals surface area contributed by atoms with Crippen LogP contribution in [0.15, 0.2) is 35.8 Å². The number of allylic oxidation sites excluding steroid dienone is 3. The minimum atomic E-state index is 0.0281. The third-order valence-electron chi connectivity index (χ3n) is 0.703. The molecule has 0 aliphatic heterocycles. The van der Waals surface area contributed by atoms with Gasteiger partial charge in [-0.05, 0) is 12.2 Å². The third-order valence-corrected chi connectivity index (χ3v) is 1.04. The molecule has 50 valence electrons. The molecule has 2 heteroatoms. The number of aliphatic hydroxyl groups excluding tert-OH is 1. The van der Waals surface area contributed by atoms with Gasteiger partial charge in [0, 0.05) is 4.91 Å². The minimum Gasteiger partial charge on any atom is -0.392 e. The van der Waals surface area contributed by atoms with Crippen LogP contribution in [0.2, 0.25) is 0 Å². The summed E-state index contributed by atoms with van der Waals surface area (Å²) >= 11 is 4.01. The fraction of sp³-hybridized carbons (Fsp3) is 0.143. The summed E-state index contributed by atoms with van der Waals surface area (Å²) in [5, 5.41) is 8.35. The highest BCUT2D eigenvalue weighted by atomic mass is 32.1. The number of hydrogen-bond acceptors (Lipinski definition) is 2. The molecule has 0 aromatic rings. The van der Waals surface area contributed by atoms with Crippen LogP contribution < -0.4 is 0 Å². The molecule has 0 amide bonds. The van der Waals surface area contributed by atoms with Crippen molar-refractivity contribution in [2.75, 3.05) is 6.61 Å². The molecule has 1 nitrogen and oxygen atoms in total. The highest BCUT2D eigenvalue weighted by Crippen LogP contribution is 2.00. The van der Waals surface area contributed by atoms with Crippen molar-refractivity contribution in [2.45, 2.75) is 0 Å². The van der Waals surface area contributed by atoms with Crippen LogP contribution in [0, 0.1) is 0 Å². The molecular formula is C7H10OS. The van der Waals surface area contributed by atoms with Crippen molar-refractivity contribution in [3.05, 3.63) is 35.8 Å². The Morgan fingerprint density at radius 3 is 2.78 bits per heavy atom. The average molecular weight is 142 g/mol. The summed E-state index contributed by atoms with van der Waals surface area (Å²) in [5.74, 6) is 0. The molecule has 0 radical (unpaired) electrons. The molecule has 0 aliphatic rings. The van der Waals surface area contributed by atoms with Crippen LogP contribution in [0.3, 0.4) is 0 Å². The van der Waals surface area contributed by atoms with E-state index in [1.807, 2.05) is 0 Å². The van der Waals surface area contributed by atoms with Crippen LogP contribution in [0.1, 0.15) is 0 Å². The minimum absolute atomic E-state index is 0.0281. The zero-order valence-corrected chi connectivity index (χ0v) is 6.01. The first-order valence-corrected chi connectivity index (χ1v) is 3.05. The van der Waals surface area contributed by atoms with Crippen molar-refractivity contribution in [3.8, 4) is 0 Å². The third kappa shape index (κ3) is 5.40. The van der Waals surface area contributed by atoms with Crippen LogP contribution in [-0.4, -0.2) is 11.7 Å². The molecule has 0 saturated carbocycles. The van der Waals surface area contributed by atoms with Gasteiger partial charge in [0.1, 0.15) is 0 Å². The Bertz CT molecular complexity index is 136. The summed E-state index contributed by atoms with van der Waals surface area (Å²) in [6, 6.07) is 0. The maximum absolute atomic E-state index is 8.35. The largest absolute Gasteiger partial charge is 0.392 e. The van der Waals surface area contributed by atoms with Gasteiger partial charge in [0.25, 0.3) is 0 Å². The number of rotatable bonds is 3. The Labute approximate surface area is 60.8 Å². The number of thiol groups is 1. The molecule has 0 aromatic carbocycles. The lowest BCUT2D eigenvalue weighted by atomic mass is 10.4. The lowest BCUT2D eigenvalue weighted by Crippen LogP contribution is -1.72. The SMILES string of the molecule is C=C/C=C\C(S)=C/CO. The number of aliphatic hydroxyl groups is 1. The Balaban J connectivity index is 3.74. The van der Waals surface area contributed by atoms with Crippen molar-refractivity contribution < 1.29 is 5.11 Å². The predicted molar refractivity (Wildman–Crippen MR) is 43.5 cm³/mol. The quantitative estimate of drug-likeness (QED) is 0.452. The van der Waals surface area contributed by atoms with E-state index in [4.69, 9.17) is 5.11 Å². The predicted octanol–water partition coefficient (Wildman–Crippen LogP) is 1.53. The summed E-state index contributed by atoms with van der Waals surface area (Å²) in [4.78, 5) is 0.748. The first kappa shape index (κ1) is 8.53. The van der Waals surface area contributed by atoms with E-state index in [-0.39, 0.29) is 6.61 Å². The zero-order valence-electron chi connectivity index (χ0n) is 5.12. The van der Waals surface area contributed by atoms with Gasteiger partial charge in [0.15, 0.2) is 0 Å². The second-order valence-corrected chi connectivity index (χ2v) is 1.92. The molecule has 0 bridgehead atoms. The molecule has 0 atom stereocenters. The van der Waals surface area contributed by atoms with Crippen molar-refractivity contribution >= 4 is 12.6 Å². The van der Waals surface area contributed by atoms with Crippen molar-refractivity contribution in [3.63, 3.8) is 0 Å². The molecule has 0 heterocycles. The van der Waals surface area contributed by atoms with Gasteiger partial charge in [-0.1, -0.05) is 18.7 Å². The van der Waals surface area contributed by atoms with Gasteiger partial charge < -0.3 is 5.11 Å². The molecule has 0 spiro atoms. The lowest BCUT2D eigenvalue weighted by molar-refractivity contribution is 0.342. The highest BCUT2D eigenvalue weighted by Gasteiger charge is 1.76. The maximum atomic E-state index is 8.35. The molecule has 0 rings (SSSR count). The first-order chi connectivity index (χ1) is 4.31. The van der Waals surface area contributed by atoms with Crippen LogP contribution >= 0.6 is 12.6 Å². The topological polar surface area (TPSA) is 20.2 Å². The van der Waals surface area contributed by atoms with Crippen LogP contribution in [0.25, 0.3) is 0 Å². The van der Waals surface area contributed by atoms with E-state index in [0.29, 0.717) is 0 Å². The smallest absolute Gasteiger partial charge is 0.0626 e. The molecule has 0 saturated heterocycles. The van der Waals surface area contributed by atoms with Crippen LogP contribution in [0.4, 0.5) is 0 Å². The van der Waals surface area contributed by atoms with Gasteiger partial charge in [0.2, 0.25) is 0 Å². The number of hydrogen-bond donors (Lipinski definition) is 2. The van der Waals surface area contributed by atoms with Gasteiger partial charge in [-0.25, -0.2) is 0 Å². The Kier molecular flexibility index (Phi) is 5.37. The van der Waals surface area contributed by atoms with Crippen molar-refractivity contribution in [1.82, 2.24) is 0 Å². The molecule has 0 aliphatic carbocycles. The fourth-order valence-corrected chi connectivity index (χ4v) is 0.496.